The van der Waals surface area contributed by atoms with Crippen LogP contribution in [-0.4, -0.2) is 11.7 Å². The van der Waals surface area contributed by atoms with E-state index in [0.717, 1.165) is 28.8 Å². The molecule has 108 valence electrons. The second kappa shape index (κ2) is 6.84. The molecular weight excluding hydrogens is 262 g/mol. The third-order valence-electron chi connectivity index (χ3n) is 3.28. The van der Waals surface area contributed by atoms with Gasteiger partial charge in [0.05, 0.1) is 6.42 Å². The van der Waals surface area contributed by atoms with Gasteiger partial charge in [0.2, 0.25) is 5.91 Å². The second-order valence-corrected chi connectivity index (χ2v) is 5.02. The molecule has 0 unspecified atom stereocenters. The van der Waals surface area contributed by atoms with Crippen LogP contribution in [-0.2, 0) is 16.0 Å². The number of benzene rings is 2. The third-order valence-corrected chi connectivity index (χ3v) is 3.28. The fraction of sp³-hybridized carbons (Fsp3) is 0.222. The lowest BCUT2D eigenvalue weighted by Gasteiger charge is -2.12. The molecule has 2 rings (SSSR count). The first-order valence-electron chi connectivity index (χ1n) is 7.07. The molecule has 2 aromatic rings. The zero-order valence-electron chi connectivity index (χ0n) is 12.3. The van der Waals surface area contributed by atoms with E-state index in [1.807, 2.05) is 37.3 Å². The number of rotatable bonds is 5. The summed E-state index contributed by atoms with van der Waals surface area (Å²) in [6, 6.07) is 16.1. The Kier molecular flexibility index (Phi) is 4.88. The van der Waals surface area contributed by atoms with Crippen molar-refractivity contribution in [2.75, 3.05) is 5.32 Å². The number of hydrogen-bond acceptors (Lipinski definition) is 2. The molecule has 1 amide bonds. The van der Waals surface area contributed by atoms with Gasteiger partial charge in [-0.2, -0.15) is 0 Å². The van der Waals surface area contributed by atoms with E-state index >= 15 is 0 Å². The topological polar surface area (TPSA) is 46.2 Å². The summed E-state index contributed by atoms with van der Waals surface area (Å²) in [7, 11) is 0. The van der Waals surface area contributed by atoms with Crippen molar-refractivity contribution < 1.29 is 9.59 Å². The summed E-state index contributed by atoms with van der Waals surface area (Å²) in [5, 5.41) is 2.81. The van der Waals surface area contributed by atoms with Crippen molar-refractivity contribution in [3.63, 3.8) is 0 Å². The lowest BCUT2D eigenvalue weighted by atomic mass is 10.0. The van der Waals surface area contributed by atoms with Crippen LogP contribution >= 0.6 is 0 Å². The van der Waals surface area contributed by atoms with Crippen molar-refractivity contribution in [2.24, 2.45) is 0 Å². The quantitative estimate of drug-likeness (QED) is 0.846. The minimum Gasteiger partial charge on any atom is -0.325 e. The Morgan fingerprint density at radius 2 is 1.71 bits per heavy atom. The average molecular weight is 281 g/mol. The summed E-state index contributed by atoms with van der Waals surface area (Å²) in [5.74, 6) is -0.392. The predicted octanol–water partition coefficient (Wildman–Crippen LogP) is 3.83. The van der Waals surface area contributed by atoms with Crippen LogP contribution in [0.15, 0.2) is 48.5 Å². The number of anilines is 1. The van der Waals surface area contributed by atoms with Crippen molar-refractivity contribution in [3.05, 3.63) is 54.1 Å². The summed E-state index contributed by atoms with van der Waals surface area (Å²) >= 11 is 0. The maximum atomic E-state index is 11.7. The Hall–Kier alpha value is -2.42. The molecule has 2 aromatic carbocycles. The Balaban J connectivity index is 2.25. The summed E-state index contributed by atoms with van der Waals surface area (Å²) < 4.78 is 0. The molecule has 21 heavy (non-hydrogen) atoms. The molecule has 0 aliphatic carbocycles. The molecular formula is C18H19NO2. The van der Waals surface area contributed by atoms with Crippen molar-refractivity contribution in [1.82, 2.24) is 0 Å². The van der Waals surface area contributed by atoms with E-state index in [0.29, 0.717) is 0 Å². The van der Waals surface area contributed by atoms with Gasteiger partial charge >= 0.3 is 0 Å². The number of aryl methyl sites for hydroxylation is 1. The van der Waals surface area contributed by atoms with Gasteiger partial charge in [0.25, 0.3) is 0 Å². The summed E-state index contributed by atoms with van der Waals surface area (Å²) in [5.41, 5.74) is 4.11. The predicted molar refractivity (Wildman–Crippen MR) is 85.2 cm³/mol. The minimum absolute atomic E-state index is 0.0798. The molecule has 3 nitrogen and oxygen atoms in total. The minimum atomic E-state index is -0.260. The lowest BCUT2D eigenvalue weighted by Crippen LogP contribution is -2.15. The number of carbonyl (C=O) groups excluding carboxylic acids is 2. The standard InChI is InChI=1S/C18H19NO2/c1-3-14-12-16(15-7-5-4-6-8-15)9-10-17(14)19-18(21)11-13(2)20/h4-10,12H,3,11H2,1-2H3,(H,19,21). The third kappa shape index (κ3) is 4.02. The number of hydrogen-bond donors (Lipinski definition) is 1. The monoisotopic (exact) mass is 281 g/mol. The highest BCUT2D eigenvalue weighted by molar-refractivity contribution is 6.03. The average Bonchev–Trinajstić information content (AvgIpc) is 2.47. The molecule has 0 aromatic heterocycles. The van der Waals surface area contributed by atoms with Crippen LogP contribution < -0.4 is 5.32 Å². The van der Waals surface area contributed by atoms with E-state index in [1.165, 1.54) is 6.92 Å². The van der Waals surface area contributed by atoms with Gasteiger partial charge in [-0.1, -0.05) is 43.3 Å². The van der Waals surface area contributed by atoms with Crippen LogP contribution in [0, 0.1) is 0 Å². The fourth-order valence-electron chi connectivity index (χ4n) is 2.24. The molecule has 0 aliphatic rings. The van der Waals surface area contributed by atoms with Crippen molar-refractivity contribution in [1.29, 1.82) is 0 Å². The van der Waals surface area contributed by atoms with E-state index in [4.69, 9.17) is 0 Å². The van der Waals surface area contributed by atoms with Crippen LogP contribution in [0.2, 0.25) is 0 Å². The molecule has 0 bridgehead atoms. The Labute approximate surface area is 125 Å². The van der Waals surface area contributed by atoms with Crippen LogP contribution in [0.1, 0.15) is 25.8 Å². The molecule has 3 heteroatoms. The van der Waals surface area contributed by atoms with E-state index in [2.05, 4.69) is 23.5 Å². The normalized spacial score (nSPS) is 10.2. The van der Waals surface area contributed by atoms with Crippen molar-refractivity contribution >= 4 is 17.4 Å². The first kappa shape index (κ1) is 15.0. The zero-order chi connectivity index (χ0) is 15.2. The lowest BCUT2D eigenvalue weighted by molar-refractivity contribution is -0.124. The van der Waals surface area contributed by atoms with Crippen molar-refractivity contribution in [2.45, 2.75) is 26.7 Å². The molecule has 0 aliphatic heterocycles. The number of carbonyl (C=O) groups is 2. The van der Waals surface area contributed by atoms with Gasteiger partial charge in [0.1, 0.15) is 5.78 Å². The highest BCUT2D eigenvalue weighted by atomic mass is 16.2. The van der Waals surface area contributed by atoms with Crippen LogP contribution in [0.3, 0.4) is 0 Å². The van der Waals surface area contributed by atoms with Gasteiger partial charge in [-0.05, 0) is 42.2 Å². The van der Waals surface area contributed by atoms with Crippen LogP contribution in [0.25, 0.3) is 11.1 Å². The number of amides is 1. The van der Waals surface area contributed by atoms with E-state index < -0.39 is 0 Å². The maximum Gasteiger partial charge on any atom is 0.231 e. The number of Topliss-reactive ketones (excluding diaryl/α,β-unsaturated/α-hetero) is 1. The summed E-state index contributed by atoms with van der Waals surface area (Å²) in [6.07, 6.45) is 0.736. The highest BCUT2D eigenvalue weighted by Crippen LogP contribution is 2.25. The van der Waals surface area contributed by atoms with Gasteiger partial charge in [-0.3, -0.25) is 9.59 Å². The molecule has 0 saturated heterocycles. The van der Waals surface area contributed by atoms with Gasteiger partial charge in [0.15, 0.2) is 0 Å². The molecule has 1 N–H and O–H groups in total. The summed E-state index contributed by atoms with van der Waals surface area (Å²) in [6.45, 7) is 3.46. The molecule has 0 fully saturated rings. The van der Waals surface area contributed by atoms with E-state index in [1.54, 1.807) is 0 Å². The molecule has 0 atom stereocenters. The van der Waals surface area contributed by atoms with Gasteiger partial charge in [-0.25, -0.2) is 0 Å². The van der Waals surface area contributed by atoms with Crippen molar-refractivity contribution in [3.8, 4) is 11.1 Å². The number of nitrogens with one attached hydrogen (secondary N) is 1. The SMILES string of the molecule is CCc1cc(-c2ccccc2)ccc1NC(=O)CC(C)=O. The smallest absolute Gasteiger partial charge is 0.231 e. The summed E-state index contributed by atoms with van der Waals surface area (Å²) in [4.78, 5) is 22.7. The number of ketones is 1. The fourth-order valence-corrected chi connectivity index (χ4v) is 2.24. The highest BCUT2D eigenvalue weighted by Gasteiger charge is 2.09. The van der Waals surface area contributed by atoms with Gasteiger partial charge < -0.3 is 5.32 Å². The second-order valence-electron chi connectivity index (χ2n) is 5.02. The first-order valence-corrected chi connectivity index (χ1v) is 7.07. The Morgan fingerprint density at radius 1 is 1.00 bits per heavy atom. The largest absolute Gasteiger partial charge is 0.325 e. The maximum absolute atomic E-state index is 11.7. The van der Waals surface area contributed by atoms with Gasteiger partial charge in [-0.15, -0.1) is 0 Å². The molecule has 0 heterocycles. The van der Waals surface area contributed by atoms with Crippen LogP contribution in [0.4, 0.5) is 5.69 Å². The first-order chi connectivity index (χ1) is 10.1. The van der Waals surface area contributed by atoms with Gasteiger partial charge in [0, 0.05) is 5.69 Å². The molecule has 0 spiro atoms. The zero-order valence-corrected chi connectivity index (χ0v) is 12.3. The molecule has 0 saturated carbocycles. The Bertz CT molecular complexity index is 648. The molecule has 0 radical (unpaired) electrons. The van der Waals surface area contributed by atoms with E-state index in [9.17, 15) is 9.59 Å². The van der Waals surface area contributed by atoms with Crippen LogP contribution in [0.5, 0.6) is 0 Å². The van der Waals surface area contributed by atoms with E-state index in [-0.39, 0.29) is 18.1 Å². The Morgan fingerprint density at radius 3 is 2.33 bits per heavy atom.